The first-order chi connectivity index (χ1) is 9.29. The summed E-state index contributed by atoms with van der Waals surface area (Å²) in [5.74, 6) is 0. The smallest absolute Gasteiger partial charge is 0.0403 e. The van der Waals surface area contributed by atoms with Gasteiger partial charge in [-0.2, -0.15) is 0 Å². The number of aryl methyl sites for hydroxylation is 2. The summed E-state index contributed by atoms with van der Waals surface area (Å²) in [5.41, 5.74) is 4.50. The van der Waals surface area contributed by atoms with E-state index in [9.17, 15) is 0 Å². The van der Waals surface area contributed by atoms with Gasteiger partial charge in [-0.25, -0.2) is 0 Å². The summed E-state index contributed by atoms with van der Waals surface area (Å²) in [5, 5.41) is 3.77. The van der Waals surface area contributed by atoms with Crippen LogP contribution in [0.3, 0.4) is 0 Å². The lowest BCUT2D eigenvalue weighted by Gasteiger charge is -2.20. The Kier molecular flexibility index (Phi) is 2.80. The van der Waals surface area contributed by atoms with Crippen LogP contribution >= 0.6 is 0 Å². The topological polar surface area (TPSA) is 15.3 Å². The predicted octanol–water partition coefficient (Wildman–Crippen LogP) is 3.21. The molecule has 102 valence electrons. The molecule has 1 saturated heterocycles. The van der Waals surface area contributed by atoms with Crippen LogP contribution in [0.15, 0.2) is 18.2 Å². The molecule has 0 bridgehead atoms. The molecule has 19 heavy (non-hydrogen) atoms. The number of hydrogen-bond donors (Lipinski definition) is 1. The van der Waals surface area contributed by atoms with E-state index in [1.165, 1.54) is 50.8 Å². The summed E-state index contributed by atoms with van der Waals surface area (Å²) in [7, 11) is 0. The number of hydrogen-bond acceptors (Lipinski definition) is 2. The van der Waals surface area contributed by atoms with E-state index >= 15 is 0 Å². The van der Waals surface area contributed by atoms with Crippen molar-refractivity contribution in [3.05, 3.63) is 29.3 Å². The first kappa shape index (κ1) is 11.8. The zero-order chi connectivity index (χ0) is 12.8. The fourth-order valence-corrected chi connectivity index (χ4v) is 3.97. The van der Waals surface area contributed by atoms with E-state index in [1.807, 2.05) is 0 Å². The lowest BCUT2D eigenvalue weighted by Crippen LogP contribution is -2.31. The number of nitrogens with one attached hydrogen (secondary N) is 1. The van der Waals surface area contributed by atoms with Gasteiger partial charge in [0.25, 0.3) is 0 Å². The zero-order valence-electron chi connectivity index (χ0n) is 11.9. The van der Waals surface area contributed by atoms with E-state index in [4.69, 9.17) is 0 Å². The third kappa shape index (κ3) is 2.27. The summed E-state index contributed by atoms with van der Waals surface area (Å²) in [6, 6.07) is 9.33. The van der Waals surface area contributed by atoms with Gasteiger partial charge in [-0.1, -0.05) is 6.07 Å². The Morgan fingerprint density at radius 3 is 2.84 bits per heavy atom. The second-order valence-electron chi connectivity index (χ2n) is 6.69. The Bertz CT molecular complexity index is 478. The molecule has 1 aromatic carbocycles. The average molecular weight is 256 g/mol. The van der Waals surface area contributed by atoms with Gasteiger partial charge in [0, 0.05) is 30.4 Å². The highest BCUT2D eigenvalue weighted by Gasteiger charge is 2.38. The van der Waals surface area contributed by atoms with Crippen molar-refractivity contribution in [3.8, 4) is 0 Å². The van der Waals surface area contributed by atoms with Gasteiger partial charge in [0.05, 0.1) is 0 Å². The molecule has 0 aromatic heterocycles. The van der Waals surface area contributed by atoms with Crippen molar-refractivity contribution in [2.75, 3.05) is 11.9 Å². The quantitative estimate of drug-likeness (QED) is 0.893. The number of fused-ring (bicyclic) bond motifs is 1. The van der Waals surface area contributed by atoms with E-state index in [2.05, 4.69) is 35.3 Å². The fourth-order valence-electron chi connectivity index (χ4n) is 3.97. The van der Waals surface area contributed by atoms with Crippen LogP contribution in [0.2, 0.25) is 0 Å². The minimum atomic E-state index is 0.648. The van der Waals surface area contributed by atoms with Crippen molar-refractivity contribution in [1.82, 2.24) is 4.90 Å². The SMILES string of the molecule is CC1CC(Nc2ccc3c(c2)CCC3)CN1C1CC1. The molecule has 2 heteroatoms. The van der Waals surface area contributed by atoms with Crippen molar-refractivity contribution in [2.45, 2.75) is 63.6 Å². The highest BCUT2D eigenvalue weighted by Crippen LogP contribution is 2.34. The summed E-state index contributed by atoms with van der Waals surface area (Å²) >= 11 is 0. The molecule has 2 fully saturated rings. The maximum absolute atomic E-state index is 3.77. The zero-order valence-corrected chi connectivity index (χ0v) is 11.9. The van der Waals surface area contributed by atoms with Crippen LogP contribution in [0.5, 0.6) is 0 Å². The molecule has 4 rings (SSSR count). The van der Waals surface area contributed by atoms with Gasteiger partial charge in [0.2, 0.25) is 0 Å². The van der Waals surface area contributed by atoms with Gasteiger partial charge < -0.3 is 5.32 Å². The molecule has 1 saturated carbocycles. The molecule has 2 nitrogen and oxygen atoms in total. The first-order valence-electron chi connectivity index (χ1n) is 7.94. The number of likely N-dealkylation sites (tertiary alicyclic amines) is 1. The molecular weight excluding hydrogens is 232 g/mol. The number of rotatable bonds is 3. The fraction of sp³-hybridized carbons (Fsp3) is 0.647. The van der Waals surface area contributed by atoms with Gasteiger partial charge >= 0.3 is 0 Å². The van der Waals surface area contributed by atoms with Crippen molar-refractivity contribution in [1.29, 1.82) is 0 Å². The second-order valence-corrected chi connectivity index (χ2v) is 6.69. The summed E-state index contributed by atoms with van der Waals surface area (Å²) in [6.45, 7) is 3.63. The molecule has 3 aliphatic rings. The summed E-state index contributed by atoms with van der Waals surface area (Å²) in [6.07, 6.45) is 8.06. The van der Waals surface area contributed by atoms with Gasteiger partial charge in [0.15, 0.2) is 0 Å². The summed E-state index contributed by atoms with van der Waals surface area (Å²) < 4.78 is 0. The Morgan fingerprint density at radius 2 is 2.00 bits per heavy atom. The lowest BCUT2D eigenvalue weighted by molar-refractivity contribution is 0.257. The molecule has 0 amide bonds. The van der Waals surface area contributed by atoms with Crippen LogP contribution in [-0.2, 0) is 12.8 Å². The molecule has 0 spiro atoms. The molecule has 2 atom stereocenters. The van der Waals surface area contributed by atoms with Gasteiger partial charge in [-0.15, -0.1) is 0 Å². The van der Waals surface area contributed by atoms with Crippen molar-refractivity contribution in [3.63, 3.8) is 0 Å². The van der Waals surface area contributed by atoms with Crippen LogP contribution in [-0.4, -0.2) is 29.6 Å². The van der Waals surface area contributed by atoms with Crippen LogP contribution < -0.4 is 5.32 Å². The standard InChI is InChI=1S/C17H24N2/c1-12-9-16(11-19(12)17-7-8-17)18-15-6-5-13-3-2-4-14(13)10-15/h5-6,10,12,16-18H,2-4,7-9,11H2,1H3. The van der Waals surface area contributed by atoms with Crippen molar-refractivity contribution < 1.29 is 0 Å². The molecule has 0 radical (unpaired) electrons. The minimum Gasteiger partial charge on any atom is -0.381 e. The van der Waals surface area contributed by atoms with E-state index < -0.39 is 0 Å². The van der Waals surface area contributed by atoms with Crippen LogP contribution in [0.4, 0.5) is 5.69 Å². The van der Waals surface area contributed by atoms with E-state index in [0.717, 1.165) is 12.1 Å². The lowest BCUT2D eigenvalue weighted by atomic mass is 10.1. The second kappa shape index (κ2) is 4.52. The average Bonchev–Trinajstić information content (AvgIpc) is 3.02. The number of anilines is 1. The predicted molar refractivity (Wildman–Crippen MR) is 79.7 cm³/mol. The molecule has 1 aliphatic heterocycles. The maximum Gasteiger partial charge on any atom is 0.0403 e. The summed E-state index contributed by atoms with van der Waals surface area (Å²) in [4.78, 5) is 2.71. The Hall–Kier alpha value is -1.02. The van der Waals surface area contributed by atoms with Gasteiger partial charge in [-0.05, 0) is 68.7 Å². The maximum atomic E-state index is 3.77. The van der Waals surface area contributed by atoms with Crippen LogP contribution in [0.1, 0.15) is 43.7 Å². The molecular formula is C17H24N2. The molecule has 1 heterocycles. The first-order valence-corrected chi connectivity index (χ1v) is 7.94. The number of benzene rings is 1. The van der Waals surface area contributed by atoms with Crippen molar-refractivity contribution in [2.24, 2.45) is 0 Å². The highest BCUT2D eigenvalue weighted by atomic mass is 15.3. The van der Waals surface area contributed by atoms with E-state index in [0.29, 0.717) is 6.04 Å². The minimum absolute atomic E-state index is 0.648. The molecule has 1 aromatic rings. The number of nitrogens with zero attached hydrogens (tertiary/aromatic N) is 1. The monoisotopic (exact) mass is 256 g/mol. The van der Waals surface area contributed by atoms with Crippen LogP contribution in [0, 0.1) is 0 Å². The Morgan fingerprint density at radius 1 is 1.16 bits per heavy atom. The molecule has 1 N–H and O–H groups in total. The molecule has 2 aliphatic carbocycles. The third-order valence-electron chi connectivity index (χ3n) is 5.11. The molecule has 2 unspecified atom stereocenters. The Labute approximate surface area is 116 Å². The normalized spacial score (nSPS) is 30.6. The van der Waals surface area contributed by atoms with E-state index in [-0.39, 0.29) is 0 Å². The third-order valence-corrected chi connectivity index (χ3v) is 5.11. The Balaban J connectivity index is 1.44. The van der Waals surface area contributed by atoms with Crippen molar-refractivity contribution >= 4 is 5.69 Å². The van der Waals surface area contributed by atoms with Gasteiger partial charge in [0.1, 0.15) is 0 Å². The van der Waals surface area contributed by atoms with E-state index in [1.54, 1.807) is 11.1 Å². The van der Waals surface area contributed by atoms with Crippen LogP contribution in [0.25, 0.3) is 0 Å². The largest absolute Gasteiger partial charge is 0.381 e. The van der Waals surface area contributed by atoms with Gasteiger partial charge in [-0.3, -0.25) is 4.90 Å². The highest BCUT2D eigenvalue weighted by molar-refractivity contribution is 5.51.